The number of rotatable bonds is 10. The van der Waals surface area contributed by atoms with Crippen LogP contribution in [0, 0.1) is 32.6 Å². The van der Waals surface area contributed by atoms with Gasteiger partial charge in [-0.05, 0) is 174 Å². The van der Waals surface area contributed by atoms with Crippen molar-refractivity contribution in [2.24, 2.45) is 16.8 Å². The van der Waals surface area contributed by atoms with Gasteiger partial charge in [0.1, 0.15) is 67.7 Å². The molecule has 35 heteroatoms. The number of H-pyrrole nitrogens is 1. The van der Waals surface area contributed by atoms with Crippen molar-refractivity contribution in [3.8, 4) is 55.6 Å². The topological polar surface area (TPSA) is 360 Å². The molecule has 5 amide bonds. The second-order valence-corrected chi connectivity index (χ2v) is 34.6. The number of benzene rings is 2. The Balaban J connectivity index is 0.000000100. The highest BCUT2D eigenvalue weighted by molar-refractivity contribution is 5.99. The van der Waals surface area contributed by atoms with E-state index in [1.54, 1.807) is 76.6 Å². The van der Waals surface area contributed by atoms with Crippen LogP contribution in [-0.4, -0.2) is 286 Å². The molecule has 26 rings (SSSR count). The summed E-state index contributed by atoms with van der Waals surface area (Å²) in [6.45, 7) is 19.1. The molecule has 136 heavy (non-hydrogen) atoms. The number of pyridine rings is 8. The third-order valence-corrected chi connectivity index (χ3v) is 26.0. The van der Waals surface area contributed by atoms with Crippen LogP contribution in [-0.2, 0) is 31.9 Å². The molecular weight excluding hydrogens is 1730 g/mol. The fourth-order valence-electron chi connectivity index (χ4n) is 18.8. The first kappa shape index (κ1) is 82.2. The monoisotopic (exact) mass is 1820 g/mol. The first-order valence-electron chi connectivity index (χ1n) is 46.8. The molecule has 35 nitrogen and oxygen atoms in total. The molecular formula is C101H94N24O11. The lowest BCUT2D eigenvalue weighted by molar-refractivity contribution is 0.0297. The van der Waals surface area contributed by atoms with Crippen molar-refractivity contribution in [1.82, 2.24) is 111 Å². The summed E-state index contributed by atoms with van der Waals surface area (Å²) < 4.78 is 66.7. The molecule has 16 aromatic heterocycles. The lowest BCUT2D eigenvalue weighted by Gasteiger charge is -2.26. The second-order valence-electron chi connectivity index (χ2n) is 34.6. The molecule has 0 bridgehead atoms. The summed E-state index contributed by atoms with van der Waals surface area (Å²) in [5, 5.41) is 8.15. The van der Waals surface area contributed by atoms with Gasteiger partial charge in [-0.3, -0.25) is 71.0 Å². The number of carbonyl (C=O) groups excluding carboxylic acids is 5. The fourth-order valence-corrected chi connectivity index (χ4v) is 18.8. The van der Waals surface area contributed by atoms with Gasteiger partial charge in [-0.1, -0.05) is 18.2 Å². The molecule has 18 aromatic rings. The van der Waals surface area contributed by atoms with Gasteiger partial charge >= 0.3 is 0 Å². The number of morpholine rings is 4. The van der Waals surface area contributed by atoms with Crippen LogP contribution in [0.25, 0.3) is 123 Å². The van der Waals surface area contributed by atoms with Crippen molar-refractivity contribution in [2.75, 3.05) is 138 Å². The zero-order chi connectivity index (χ0) is 94.8. The number of hydrogen-bond acceptors (Lipinski definition) is 24. The van der Waals surface area contributed by atoms with E-state index in [0.717, 1.165) is 144 Å². The van der Waals surface area contributed by atoms with Gasteiger partial charge < -0.3 is 57.2 Å². The van der Waals surface area contributed by atoms with Gasteiger partial charge in [-0.25, -0.2) is 34.9 Å². The molecule has 1 N–H and O–H groups in total. The van der Waals surface area contributed by atoms with Gasteiger partial charge in [0, 0.05) is 181 Å². The lowest BCUT2D eigenvalue weighted by atomic mass is 10.0. The summed E-state index contributed by atoms with van der Waals surface area (Å²) in [5.41, 5.74) is 23.4. The normalized spacial score (nSPS) is 17.2. The number of nitrogens with one attached hydrogen (secondary N) is 1. The van der Waals surface area contributed by atoms with Gasteiger partial charge in [-0.2, -0.15) is 5.10 Å². The van der Waals surface area contributed by atoms with Crippen LogP contribution in [0.1, 0.15) is 96.5 Å². The van der Waals surface area contributed by atoms with Crippen molar-refractivity contribution in [3.05, 3.63) is 270 Å². The number of imidazole rings is 5. The van der Waals surface area contributed by atoms with Crippen LogP contribution in [0.5, 0.6) is 0 Å². The molecule has 7 aliphatic heterocycles. The number of aliphatic imine (C=N–C) groups is 1. The Morgan fingerprint density at radius 2 is 0.868 bits per heavy atom. The van der Waals surface area contributed by atoms with E-state index in [-0.39, 0.29) is 64.3 Å². The number of aromatic amines is 1. The molecule has 6 saturated heterocycles. The summed E-state index contributed by atoms with van der Waals surface area (Å²) in [6, 6.07) is 29.2. The Hall–Kier alpha value is -15.7. The van der Waals surface area contributed by atoms with Gasteiger partial charge in [0.25, 0.3) is 29.5 Å². The standard InChI is InChI=1S/C23H23N5O2.C20H18N4O3.C20H18N4O2.C19H18N6O2.C19H17N5O2/c1-14-25-19-7-15(3-5-21(19)30-14)16-4-6-22-24-8-20(28(22)13-16)23(29)27-11-17-9-26(2)10-18(17)12-27;1-13-22-16-10-14(2-4-18(16)27-13)15-3-5-19-21-11-17(24(19)12-15)20(25)23-6-8-26-9-7-23;25-20(23-6-8-26-9-7-23)18-12-22-19-5-4-15(13-24(18)19)16-10-14-2-1-3-17(14)21-11-16;1-12-18-15(9-22-23-18)14(8-20-12)13-2-3-17-21-10-16(25(17)11-13)19(26)24-4-6-27-7-5-24;25-19(23-5-7-26-8-6-23)17-11-22-18-2-1-13(12-24(17)18)14-3-4-21-16-10-20-9-15(14)16/h3-8,13,17-18H,9-12H2,1-2H3;2-5,10-12H,6-9H2,1H3;1,3-5,10-13H,2,6-9H2;2-3,8-11H,4-7H2,1H3,(H,22,23);1-4,9,11-12H,5-8,10H2/i;2D,4D,10D;;;. The van der Waals surface area contributed by atoms with E-state index in [2.05, 4.69) is 95.2 Å². The Morgan fingerprint density at radius 1 is 0.419 bits per heavy atom. The van der Waals surface area contributed by atoms with Crippen LogP contribution < -0.4 is 0 Å². The first-order chi connectivity index (χ1) is 67.8. The summed E-state index contributed by atoms with van der Waals surface area (Å²) >= 11 is 0. The van der Waals surface area contributed by atoms with Crippen molar-refractivity contribution >= 4 is 103 Å². The summed E-state index contributed by atoms with van der Waals surface area (Å²) in [7, 11) is 2.16. The zero-order valence-corrected chi connectivity index (χ0v) is 75.0. The predicted molar refractivity (Wildman–Crippen MR) is 507 cm³/mol. The molecule has 8 aliphatic rings. The van der Waals surface area contributed by atoms with Gasteiger partial charge in [0.15, 0.2) is 22.9 Å². The minimum atomic E-state index is -0.149. The van der Waals surface area contributed by atoms with Gasteiger partial charge in [0.05, 0.1) is 123 Å². The quantitative estimate of drug-likeness (QED) is 0.133. The van der Waals surface area contributed by atoms with Crippen LogP contribution in [0.4, 0.5) is 0 Å². The number of fused-ring (bicyclic) bond motifs is 11. The Labute approximate surface area is 781 Å². The Morgan fingerprint density at radius 3 is 1.38 bits per heavy atom. The Bertz CT molecular complexity index is 7950. The van der Waals surface area contributed by atoms with Crippen molar-refractivity contribution in [2.45, 2.75) is 33.7 Å². The average molecular weight is 1820 g/mol. The number of ether oxygens (including phenoxy) is 4. The number of likely N-dealkylation sites (tertiary alicyclic amines) is 2. The van der Waals surface area contributed by atoms with Crippen molar-refractivity contribution in [3.63, 3.8) is 0 Å². The highest BCUT2D eigenvalue weighted by Gasteiger charge is 2.41. The number of amides is 5. The van der Waals surface area contributed by atoms with Crippen LogP contribution in [0.15, 0.2) is 216 Å². The average Bonchev–Trinajstić information content (AvgIpc) is 1.64. The van der Waals surface area contributed by atoms with E-state index in [1.807, 2.05) is 162 Å². The molecule has 23 heterocycles. The molecule has 2 unspecified atom stereocenters. The summed E-state index contributed by atoms with van der Waals surface area (Å²) in [6.07, 6.45) is 32.0. The zero-order valence-electron chi connectivity index (χ0n) is 78.0. The maximum absolute atomic E-state index is 13.3. The van der Waals surface area contributed by atoms with E-state index in [0.29, 0.717) is 175 Å². The predicted octanol–water partition coefficient (Wildman–Crippen LogP) is 12.3. The van der Waals surface area contributed by atoms with Crippen LogP contribution in [0.3, 0.4) is 0 Å². The second kappa shape index (κ2) is 36.7. The number of nitrogens with zero attached hydrogens (tertiary/aromatic N) is 23. The van der Waals surface area contributed by atoms with Crippen LogP contribution >= 0.6 is 0 Å². The molecule has 684 valence electrons. The first-order valence-corrected chi connectivity index (χ1v) is 45.3. The molecule has 2 aromatic carbocycles. The third-order valence-electron chi connectivity index (χ3n) is 26.0. The maximum Gasteiger partial charge on any atom is 0.272 e. The number of oxazole rings is 2. The number of hydrogen-bond donors (Lipinski definition) is 1. The van der Waals surface area contributed by atoms with Gasteiger partial charge in [0.2, 0.25) is 0 Å². The maximum atomic E-state index is 13.3. The van der Waals surface area contributed by atoms with Crippen LogP contribution in [0.2, 0.25) is 0 Å². The lowest BCUT2D eigenvalue weighted by Crippen LogP contribution is -2.41. The minimum absolute atomic E-state index is 0.00534. The van der Waals surface area contributed by atoms with E-state index in [9.17, 15) is 24.0 Å². The van der Waals surface area contributed by atoms with E-state index in [4.69, 9.17) is 31.9 Å². The molecule has 0 saturated carbocycles. The van der Waals surface area contributed by atoms with E-state index < -0.39 is 0 Å². The minimum Gasteiger partial charge on any atom is -0.441 e. The van der Waals surface area contributed by atoms with Crippen molar-refractivity contribution < 1.29 is 55.9 Å². The van der Waals surface area contributed by atoms with E-state index >= 15 is 0 Å². The number of allylic oxidation sites excluding steroid dienone is 1. The fraction of sp³-hybridized carbons (Fsp3) is 0.277. The molecule has 0 radical (unpaired) electrons. The molecule has 0 spiro atoms. The summed E-state index contributed by atoms with van der Waals surface area (Å²) in [4.78, 5) is 125. The number of aryl methyl sites for hydroxylation is 3. The third kappa shape index (κ3) is 16.9. The Kier molecular flexibility index (Phi) is 22.2. The summed E-state index contributed by atoms with van der Waals surface area (Å²) in [5.74, 6) is 2.04. The highest BCUT2D eigenvalue weighted by atomic mass is 16.5. The number of carbonyl (C=O) groups is 5. The largest absolute Gasteiger partial charge is 0.441 e. The molecule has 6 fully saturated rings. The molecule has 1 aliphatic carbocycles. The highest BCUT2D eigenvalue weighted by Crippen LogP contribution is 2.36. The van der Waals surface area contributed by atoms with E-state index in [1.165, 1.54) is 11.8 Å². The molecule has 2 atom stereocenters. The smallest absolute Gasteiger partial charge is 0.272 e. The number of aromatic nitrogens is 17. The SMILES string of the molecule is Cc1nc2cc(-c3ccc4ncc(C(=O)N5CC6CN(C)CC6C5)n4c3)ccc2o1.Cc1ncc(-c2ccc3ncc(C(=O)N4CCOCC4)n3c2)c2cn[nH]c12.O=C(c1cnc2ccc(-c3ccnc4c3C=NC4)cn12)N1CCOCC1.O=C(c1cnc2ccc(-c3cnc4c(c3)CC=C4)cn12)N1CCOCC1.[2H]c1c(-c2ccc3ncc(C(=O)N4CCOCC4)n3c2)c([2H])c2nc(C)oc2c1[2H]. The van der Waals surface area contributed by atoms with Crippen molar-refractivity contribution in [1.29, 1.82) is 0 Å². The van der Waals surface area contributed by atoms with Gasteiger partial charge in [-0.15, -0.1) is 0 Å².